The second-order valence-electron chi connectivity index (χ2n) is 8.39. The largest absolute Gasteiger partial charge is 0.304 e. The Hall–Kier alpha value is -2.46. The molecule has 1 N–H and O–H groups in total. The number of nitrogens with one attached hydrogen (secondary N) is 1. The second kappa shape index (κ2) is 8.70. The van der Waals surface area contributed by atoms with Crippen LogP contribution in [0.1, 0.15) is 56.3 Å². The molecule has 0 aliphatic rings. The van der Waals surface area contributed by atoms with E-state index in [1.807, 2.05) is 25.1 Å². The number of nitrogens with zero attached hydrogens (tertiary/aromatic N) is 2. The molecule has 1 aromatic carbocycles. The molecule has 0 saturated heterocycles. The lowest BCUT2D eigenvalue weighted by atomic mass is 9.93. The SMILES string of the molecule is Cc1cccc2nc(CN[C@H](c3ccc(CC(C)C)cc3)C(C)C)cc(=O)n12. The zero-order valence-corrected chi connectivity index (χ0v) is 17.6. The summed E-state index contributed by atoms with van der Waals surface area (Å²) in [6.45, 7) is 11.4. The highest BCUT2D eigenvalue weighted by Crippen LogP contribution is 2.23. The fourth-order valence-corrected chi connectivity index (χ4v) is 3.74. The Morgan fingerprint density at radius 1 is 1.04 bits per heavy atom. The molecule has 0 spiro atoms. The van der Waals surface area contributed by atoms with E-state index in [1.165, 1.54) is 11.1 Å². The summed E-state index contributed by atoms with van der Waals surface area (Å²) in [7, 11) is 0. The maximum atomic E-state index is 12.5. The first-order chi connectivity index (χ1) is 13.3. The predicted molar refractivity (Wildman–Crippen MR) is 116 cm³/mol. The van der Waals surface area contributed by atoms with Crippen molar-refractivity contribution in [3.05, 3.63) is 81.4 Å². The van der Waals surface area contributed by atoms with Gasteiger partial charge in [-0.3, -0.25) is 9.20 Å². The first kappa shape index (κ1) is 20.3. The van der Waals surface area contributed by atoms with Gasteiger partial charge < -0.3 is 5.32 Å². The van der Waals surface area contributed by atoms with Crippen molar-refractivity contribution in [2.75, 3.05) is 0 Å². The molecule has 0 fully saturated rings. The van der Waals surface area contributed by atoms with E-state index in [9.17, 15) is 4.79 Å². The van der Waals surface area contributed by atoms with Crippen LogP contribution in [0.15, 0.2) is 53.3 Å². The number of aryl methyl sites for hydroxylation is 1. The number of hydrogen-bond donors (Lipinski definition) is 1. The highest BCUT2D eigenvalue weighted by molar-refractivity contribution is 5.40. The number of fused-ring (bicyclic) bond motifs is 1. The fourth-order valence-electron chi connectivity index (χ4n) is 3.74. The Labute approximate surface area is 167 Å². The van der Waals surface area contributed by atoms with Gasteiger partial charge in [0.15, 0.2) is 0 Å². The molecular formula is C24H31N3O. The van der Waals surface area contributed by atoms with Gasteiger partial charge in [0.05, 0.1) is 5.69 Å². The minimum Gasteiger partial charge on any atom is -0.304 e. The van der Waals surface area contributed by atoms with Crippen molar-refractivity contribution in [1.29, 1.82) is 0 Å². The fraction of sp³-hybridized carbons (Fsp3) is 0.417. The van der Waals surface area contributed by atoms with E-state index in [0.29, 0.717) is 24.0 Å². The number of benzene rings is 1. The quantitative estimate of drug-likeness (QED) is 0.650. The Bertz CT molecular complexity index is 987. The summed E-state index contributed by atoms with van der Waals surface area (Å²) in [5.74, 6) is 1.09. The Morgan fingerprint density at radius 3 is 2.39 bits per heavy atom. The average Bonchev–Trinajstić information content (AvgIpc) is 2.62. The van der Waals surface area contributed by atoms with E-state index in [-0.39, 0.29) is 11.6 Å². The highest BCUT2D eigenvalue weighted by Gasteiger charge is 2.16. The van der Waals surface area contributed by atoms with Gasteiger partial charge >= 0.3 is 0 Å². The lowest BCUT2D eigenvalue weighted by molar-refractivity contribution is 0.408. The molecule has 3 aromatic rings. The minimum atomic E-state index is -0.0287. The normalized spacial score (nSPS) is 12.8. The first-order valence-corrected chi connectivity index (χ1v) is 10.2. The molecule has 4 nitrogen and oxygen atoms in total. The van der Waals surface area contributed by atoms with E-state index in [1.54, 1.807) is 10.5 Å². The highest BCUT2D eigenvalue weighted by atomic mass is 16.1. The minimum absolute atomic E-state index is 0.0287. The smallest absolute Gasteiger partial charge is 0.258 e. The molecule has 3 rings (SSSR count). The molecule has 1 atom stereocenters. The van der Waals surface area contributed by atoms with Crippen molar-refractivity contribution >= 4 is 5.65 Å². The van der Waals surface area contributed by atoms with Crippen LogP contribution in [0.2, 0.25) is 0 Å². The molecule has 4 heteroatoms. The molecule has 0 aliphatic heterocycles. The summed E-state index contributed by atoms with van der Waals surface area (Å²) in [6, 6.07) is 16.5. The summed E-state index contributed by atoms with van der Waals surface area (Å²) in [5, 5.41) is 3.61. The van der Waals surface area contributed by atoms with E-state index in [2.05, 4.69) is 62.3 Å². The van der Waals surface area contributed by atoms with Gasteiger partial charge in [-0.05, 0) is 48.4 Å². The van der Waals surface area contributed by atoms with Crippen molar-refractivity contribution in [2.45, 2.75) is 53.6 Å². The molecular weight excluding hydrogens is 346 g/mol. The number of aromatic nitrogens is 2. The molecule has 2 heterocycles. The third-order valence-corrected chi connectivity index (χ3v) is 5.09. The standard InChI is InChI=1S/C24H31N3O/c1-16(2)13-19-9-11-20(12-10-19)24(17(3)4)25-15-21-14-23(28)27-18(5)7-6-8-22(27)26-21/h6-12,14,16-17,24-25H,13,15H2,1-5H3/t24-/m0/s1. The lowest BCUT2D eigenvalue weighted by Gasteiger charge is -2.23. The average molecular weight is 378 g/mol. The summed E-state index contributed by atoms with van der Waals surface area (Å²) >= 11 is 0. The van der Waals surface area contributed by atoms with Crippen molar-refractivity contribution in [3.63, 3.8) is 0 Å². The van der Waals surface area contributed by atoms with Crippen LogP contribution < -0.4 is 10.9 Å². The van der Waals surface area contributed by atoms with E-state index < -0.39 is 0 Å². The van der Waals surface area contributed by atoms with Gasteiger partial charge in [-0.1, -0.05) is 58.0 Å². The number of hydrogen-bond acceptors (Lipinski definition) is 3. The topological polar surface area (TPSA) is 46.4 Å². The maximum Gasteiger partial charge on any atom is 0.258 e. The van der Waals surface area contributed by atoms with Crippen LogP contribution >= 0.6 is 0 Å². The van der Waals surface area contributed by atoms with Gasteiger partial charge in [-0.15, -0.1) is 0 Å². The zero-order valence-electron chi connectivity index (χ0n) is 17.6. The van der Waals surface area contributed by atoms with Crippen LogP contribution in [-0.4, -0.2) is 9.38 Å². The third-order valence-electron chi connectivity index (χ3n) is 5.09. The summed E-state index contributed by atoms with van der Waals surface area (Å²) in [5.41, 5.74) is 4.99. The van der Waals surface area contributed by atoms with Gasteiger partial charge in [-0.25, -0.2) is 4.98 Å². The summed E-state index contributed by atoms with van der Waals surface area (Å²) in [4.78, 5) is 17.2. The van der Waals surface area contributed by atoms with Gasteiger partial charge in [0.2, 0.25) is 0 Å². The maximum absolute atomic E-state index is 12.5. The molecule has 0 aliphatic carbocycles. The summed E-state index contributed by atoms with van der Waals surface area (Å²) < 4.78 is 1.65. The van der Waals surface area contributed by atoms with Crippen LogP contribution in [0, 0.1) is 18.8 Å². The van der Waals surface area contributed by atoms with Crippen molar-refractivity contribution in [3.8, 4) is 0 Å². The van der Waals surface area contributed by atoms with Crippen LogP contribution in [-0.2, 0) is 13.0 Å². The number of pyridine rings is 1. The lowest BCUT2D eigenvalue weighted by Crippen LogP contribution is -2.27. The number of rotatable bonds is 7. The molecule has 0 radical (unpaired) electrons. The molecule has 148 valence electrons. The van der Waals surface area contributed by atoms with E-state index in [4.69, 9.17) is 0 Å². The monoisotopic (exact) mass is 377 g/mol. The van der Waals surface area contributed by atoms with Crippen molar-refractivity contribution < 1.29 is 0 Å². The molecule has 0 saturated carbocycles. The molecule has 0 unspecified atom stereocenters. The third kappa shape index (κ3) is 4.68. The first-order valence-electron chi connectivity index (χ1n) is 10.2. The van der Waals surface area contributed by atoms with E-state index >= 15 is 0 Å². The zero-order chi connectivity index (χ0) is 20.3. The van der Waals surface area contributed by atoms with Crippen LogP contribution in [0.3, 0.4) is 0 Å². The van der Waals surface area contributed by atoms with Gasteiger partial charge in [0.1, 0.15) is 5.65 Å². The Kier molecular flexibility index (Phi) is 6.30. The van der Waals surface area contributed by atoms with Crippen LogP contribution in [0.4, 0.5) is 0 Å². The van der Waals surface area contributed by atoms with Crippen molar-refractivity contribution in [1.82, 2.24) is 14.7 Å². The van der Waals surface area contributed by atoms with Gasteiger partial charge in [0.25, 0.3) is 5.56 Å². The Balaban J connectivity index is 1.79. The molecule has 28 heavy (non-hydrogen) atoms. The van der Waals surface area contributed by atoms with Gasteiger partial charge in [-0.2, -0.15) is 0 Å². The predicted octanol–water partition coefficient (Wildman–Crippen LogP) is 4.69. The van der Waals surface area contributed by atoms with Crippen molar-refractivity contribution in [2.24, 2.45) is 11.8 Å². The van der Waals surface area contributed by atoms with Crippen LogP contribution in [0.25, 0.3) is 5.65 Å². The van der Waals surface area contributed by atoms with Gasteiger partial charge in [0, 0.05) is 24.3 Å². The molecule has 0 bridgehead atoms. The molecule has 0 amide bonds. The van der Waals surface area contributed by atoms with E-state index in [0.717, 1.165) is 17.8 Å². The van der Waals surface area contributed by atoms with Crippen LogP contribution in [0.5, 0.6) is 0 Å². The summed E-state index contributed by atoms with van der Waals surface area (Å²) in [6.07, 6.45) is 1.10. The molecule has 2 aromatic heterocycles. The second-order valence-corrected chi connectivity index (χ2v) is 8.39. The Morgan fingerprint density at radius 2 is 1.75 bits per heavy atom.